The molecule has 23 heavy (non-hydrogen) atoms. The predicted molar refractivity (Wildman–Crippen MR) is 85.7 cm³/mol. The zero-order valence-corrected chi connectivity index (χ0v) is 13.4. The van der Waals surface area contributed by atoms with E-state index >= 15 is 0 Å². The number of ether oxygens (including phenoxy) is 1. The zero-order valence-electron chi connectivity index (χ0n) is 13.4. The summed E-state index contributed by atoms with van der Waals surface area (Å²) in [6, 6.07) is 8.89. The Morgan fingerprint density at radius 3 is 2.26 bits per heavy atom. The van der Waals surface area contributed by atoms with Gasteiger partial charge in [0.1, 0.15) is 17.3 Å². The first-order chi connectivity index (χ1) is 10.8. The lowest BCUT2D eigenvalue weighted by molar-refractivity contribution is 0.0346. The van der Waals surface area contributed by atoms with E-state index in [2.05, 4.69) is 13.5 Å². The van der Waals surface area contributed by atoms with Crippen LogP contribution in [0.1, 0.15) is 30.5 Å². The van der Waals surface area contributed by atoms with Gasteiger partial charge in [-0.3, -0.25) is 0 Å². The first-order valence-corrected chi connectivity index (χ1v) is 7.37. The molecule has 0 N–H and O–H groups in total. The zero-order chi connectivity index (χ0) is 17.2. The topological polar surface area (TPSA) is 9.23 Å². The minimum absolute atomic E-state index is 0.174. The Hall–Kier alpha value is -2.23. The van der Waals surface area contributed by atoms with Crippen molar-refractivity contribution in [1.29, 1.82) is 0 Å². The molecule has 0 unspecified atom stereocenters. The molecule has 2 aromatic rings. The highest BCUT2D eigenvalue weighted by molar-refractivity contribution is 5.40. The molecule has 2 aromatic carbocycles. The Balaban J connectivity index is 2.28. The summed E-state index contributed by atoms with van der Waals surface area (Å²) in [4.78, 5) is 0. The summed E-state index contributed by atoms with van der Waals surface area (Å²) < 4.78 is 47.3. The fourth-order valence-electron chi connectivity index (χ4n) is 2.31. The molecule has 0 saturated heterocycles. The maximum absolute atomic E-state index is 14.0. The number of halogens is 3. The van der Waals surface area contributed by atoms with Crippen LogP contribution in [0.2, 0.25) is 0 Å². The number of alkyl halides is 2. The molecule has 2 rings (SSSR count). The van der Waals surface area contributed by atoms with E-state index in [4.69, 9.17) is 4.74 Å². The summed E-state index contributed by atoms with van der Waals surface area (Å²) in [5.74, 6) is -3.70. The van der Waals surface area contributed by atoms with Gasteiger partial charge in [0.2, 0.25) is 0 Å². The largest absolute Gasteiger partial charge is 0.457 e. The van der Waals surface area contributed by atoms with E-state index in [0.29, 0.717) is 5.75 Å². The van der Waals surface area contributed by atoms with Gasteiger partial charge in [-0.2, -0.15) is 8.78 Å². The van der Waals surface area contributed by atoms with Crippen molar-refractivity contribution < 1.29 is 17.9 Å². The molecule has 0 spiro atoms. The average Bonchev–Trinajstić information content (AvgIpc) is 2.47. The first-order valence-electron chi connectivity index (χ1n) is 7.37. The second-order valence-electron chi connectivity index (χ2n) is 5.54. The van der Waals surface area contributed by atoms with E-state index in [1.165, 1.54) is 18.6 Å². The lowest BCUT2D eigenvalue weighted by atomic mass is 10.0. The van der Waals surface area contributed by atoms with Gasteiger partial charge < -0.3 is 4.74 Å². The summed E-state index contributed by atoms with van der Waals surface area (Å²) in [6.07, 6.45) is 0.908. The highest BCUT2D eigenvalue weighted by Crippen LogP contribution is 2.37. The van der Waals surface area contributed by atoms with Crippen LogP contribution in [0.5, 0.6) is 11.5 Å². The lowest BCUT2D eigenvalue weighted by Crippen LogP contribution is -2.16. The monoisotopic (exact) mass is 320 g/mol. The molecule has 122 valence electrons. The van der Waals surface area contributed by atoms with Crippen molar-refractivity contribution in [3.63, 3.8) is 0 Å². The Bertz CT molecular complexity index is 735. The molecule has 0 aliphatic heterocycles. The average molecular weight is 320 g/mol. The molecule has 0 heterocycles. The van der Waals surface area contributed by atoms with Crippen molar-refractivity contribution in [2.75, 3.05) is 0 Å². The van der Waals surface area contributed by atoms with Gasteiger partial charge in [-0.15, -0.1) is 0 Å². The van der Waals surface area contributed by atoms with E-state index in [9.17, 15) is 13.2 Å². The molecule has 0 amide bonds. The van der Waals surface area contributed by atoms with E-state index in [1.807, 2.05) is 19.1 Å². The summed E-state index contributed by atoms with van der Waals surface area (Å²) in [5, 5.41) is 0. The number of hydrogen-bond donors (Lipinski definition) is 0. The van der Waals surface area contributed by atoms with Crippen molar-refractivity contribution in [3.8, 4) is 11.5 Å². The smallest absolute Gasteiger partial charge is 0.296 e. The third-order valence-corrected chi connectivity index (χ3v) is 3.75. The van der Waals surface area contributed by atoms with Crippen LogP contribution in [0.25, 0.3) is 0 Å². The predicted octanol–water partition coefficient (Wildman–Crippen LogP) is 6.16. The van der Waals surface area contributed by atoms with Gasteiger partial charge in [-0.05, 0) is 61.2 Å². The molecule has 4 heteroatoms. The Morgan fingerprint density at radius 2 is 1.74 bits per heavy atom. The van der Waals surface area contributed by atoms with E-state index in [0.717, 1.165) is 24.1 Å². The lowest BCUT2D eigenvalue weighted by Gasteiger charge is -2.18. The number of benzene rings is 2. The Morgan fingerprint density at radius 1 is 1.13 bits per heavy atom. The highest BCUT2D eigenvalue weighted by atomic mass is 19.3. The number of allylic oxidation sites excluding steroid dienone is 1. The molecule has 0 fully saturated rings. The normalized spacial score (nSPS) is 11.4. The molecule has 0 aliphatic rings. The summed E-state index contributed by atoms with van der Waals surface area (Å²) in [6.45, 7) is 8.40. The minimum Gasteiger partial charge on any atom is -0.457 e. The van der Waals surface area contributed by atoms with Gasteiger partial charge in [-0.25, -0.2) is 4.39 Å². The maximum atomic E-state index is 14.0. The van der Waals surface area contributed by atoms with Gasteiger partial charge in [0, 0.05) is 6.07 Å². The van der Waals surface area contributed by atoms with Crippen molar-refractivity contribution in [2.24, 2.45) is 0 Å². The Labute approximate surface area is 134 Å². The van der Waals surface area contributed by atoms with Crippen LogP contribution in [0.15, 0.2) is 48.6 Å². The summed E-state index contributed by atoms with van der Waals surface area (Å²) in [5.41, 5.74) is 1.15. The molecular weight excluding hydrogens is 301 g/mol. The molecule has 1 nitrogen and oxygen atoms in total. The third-order valence-electron chi connectivity index (χ3n) is 3.75. The van der Waals surface area contributed by atoms with Crippen molar-refractivity contribution in [2.45, 2.75) is 33.1 Å². The molecule has 0 radical (unpaired) electrons. The van der Waals surface area contributed by atoms with Crippen molar-refractivity contribution >= 4 is 0 Å². The van der Waals surface area contributed by atoms with Crippen LogP contribution < -0.4 is 4.74 Å². The second kappa shape index (κ2) is 6.49. The van der Waals surface area contributed by atoms with Gasteiger partial charge >= 0.3 is 0 Å². The third kappa shape index (κ3) is 3.58. The maximum Gasteiger partial charge on any atom is 0.296 e. The van der Waals surface area contributed by atoms with Crippen LogP contribution in [-0.4, -0.2) is 0 Å². The van der Waals surface area contributed by atoms with Crippen LogP contribution in [0.3, 0.4) is 0 Å². The molecular formula is C19H19F3O. The number of aryl methyl sites for hydroxylation is 2. The minimum atomic E-state index is -3.40. The molecule has 0 aliphatic carbocycles. The SMILES string of the molecule is C=C(C)C(F)(F)c1ccc(Oc2ccc(CC)c(C)c2)cc1F. The van der Waals surface area contributed by atoms with Crippen LogP contribution in [-0.2, 0) is 12.3 Å². The van der Waals surface area contributed by atoms with E-state index in [1.54, 1.807) is 6.07 Å². The number of hydrogen-bond acceptors (Lipinski definition) is 1. The van der Waals surface area contributed by atoms with Gasteiger partial charge in [0.05, 0.1) is 5.56 Å². The molecule has 0 atom stereocenters. The van der Waals surface area contributed by atoms with Crippen molar-refractivity contribution in [1.82, 2.24) is 0 Å². The van der Waals surface area contributed by atoms with Gasteiger partial charge in [0.15, 0.2) is 0 Å². The van der Waals surface area contributed by atoms with Crippen molar-refractivity contribution in [3.05, 3.63) is 71.1 Å². The molecule has 0 aromatic heterocycles. The standard InChI is InChI=1S/C19H19F3O/c1-5-14-6-7-15(10-13(14)4)23-16-8-9-17(18(20)11-16)19(21,22)12(2)3/h6-11H,2,5H2,1,3-4H3. The molecule has 0 saturated carbocycles. The first kappa shape index (κ1) is 17.1. The van der Waals surface area contributed by atoms with E-state index < -0.39 is 22.9 Å². The van der Waals surface area contributed by atoms with Gasteiger partial charge in [-0.1, -0.05) is 19.6 Å². The van der Waals surface area contributed by atoms with Gasteiger partial charge in [0.25, 0.3) is 5.92 Å². The van der Waals surface area contributed by atoms with E-state index in [-0.39, 0.29) is 5.75 Å². The van der Waals surface area contributed by atoms with Crippen LogP contribution in [0.4, 0.5) is 13.2 Å². The number of rotatable bonds is 5. The van der Waals surface area contributed by atoms with Crippen LogP contribution >= 0.6 is 0 Å². The fraction of sp³-hybridized carbons (Fsp3) is 0.263. The highest BCUT2D eigenvalue weighted by Gasteiger charge is 2.35. The summed E-state index contributed by atoms with van der Waals surface area (Å²) >= 11 is 0. The molecule has 0 bridgehead atoms. The Kier molecular flexibility index (Phi) is 4.83. The summed E-state index contributed by atoms with van der Waals surface area (Å²) in [7, 11) is 0. The van der Waals surface area contributed by atoms with Crippen LogP contribution in [0, 0.1) is 12.7 Å². The fourth-order valence-corrected chi connectivity index (χ4v) is 2.31. The second-order valence-corrected chi connectivity index (χ2v) is 5.54. The quantitative estimate of drug-likeness (QED) is 0.600.